The molecule has 1 heterocycles. The summed E-state index contributed by atoms with van der Waals surface area (Å²) in [6.45, 7) is 2.39. The molecule has 0 aliphatic carbocycles. The lowest BCUT2D eigenvalue weighted by Crippen LogP contribution is -1.96. The second-order valence-corrected chi connectivity index (χ2v) is 3.40. The quantitative estimate of drug-likeness (QED) is 0.851. The first-order valence-corrected chi connectivity index (χ1v) is 5.04. The average molecular weight is 215 g/mol. The topological polar surface area (TPSA) is 61.0 Å². The Morgan fingerprint density at radius 3 is 2.44 bits per heavy atom. The first kappa shape index (κ1) is 10.6. The van der Waals surface area contributed by atoms with Crippen molar-refractivity contribution in [3.05, 3.63) is 47.9 Å². The maximum Gasteiger partial charge on any atom is 0.240 e. The van der Waals surface area contributed by atoms with E-state index in [1.165, 1.54) is 0 Å². The van der Waals surface area contributed by atoms with Crippen LogP contribution in [0.2, 0.25) is 0 Å². The highest BCUT2D eigenvalue weighted by Gasteiger charge is 2.02. The highest BCUT2D eigenvalue weighted by atomic mass is 16.5. The van der Waals surface area contributed by atoms with Crippen LogP contribution in [-0.4, -0.2) is 9.97 Å². The van der Waals surface area contributed by atoms with Gasteiger partial charge in [-0.1, -0.05) is 12.1 Å². The third-order valence-electron chi connectivity index (χ3n) is 2.21. The third-order valence-corrected chi connectivity index (χ3v) is 2.21. The van der Waals surface area contributed by atoms with Gasteiger partial charge >= 0.3 is 0 Å². The minimum atomic E-state index is 0.531. The van der Waals surface area contributed by atoms with Gasteiger partial charge in [-0.3, -0.25) is 4.98 Å². The number of aryl methyl sites for hydroxylation is 1. The zero-order valence-corrected chi connectivity index (χ0v) is 9.05. The van der Waals surface area contributed by atoms with Gasteiger partial charge in [-0.2, -0.15) is 0 Å². The maximum absolute atomic E-state index is 5.59. The molecule has 2 aromatic rings. The molecule has 1 aromatic heterocycles. The molecule has 4 nitrogen and oxygen atoms in total. The fraction of sp³-hybridized carbons (Fsp3) is 0.167. The van der Waals surface area contributed by atoms with E-state index in [2.05, 4.69) is 9.97 Å². The Balaban J connectivity index is 2.18. The highest BCUT2D eigenvalue weighted by Crippen LogP contribution is 2.21. The standard InChI is InChI=1S/C12H13N3O/c1-9-12(15-7-6-14-9)16-11-4-2-10(8-13)3-5-11/h2-7H,8,13H2,1H3. The summed E-state index contributed by atoms with van der Waals surface area (Å²) in [4.78, 5) is 8.21. The fourth-order valence-corrected chi connectivity index (χ4v) is 1.30. The Hall–Kier alpha value is -1.94. The highest BCUT2D eigenvalue weighted by molar-refractivity contribution is 5.31. The molecule has 0 aliphatic rings. The van der Waals surface area contributed by atoms with Crippen LogP contribution in [0.25, 0.3) is 0 Å². The molecular weight excluding hydrogens is 202 g/mol. The lowest BCUT2D eigenvalue weighted by atomic mass is 10.2. The van der Waals surface area contributed by atoms with Crippen molar-refractivity contribution in [2.75, 3.05) is 0 Å². The first-order valence-electron chi connectivity index (χ1n) is 5.04. The van der Waals surface area contributed by atoms with Crippen LogP contribution in [0, 0.1) is 6.92 Å². The molecule has 0 saturated carbocycles. The van der Waals surface area contributed by atoms with Gasteiger partial charge in [0.1, 0.15) is 5.75 Å². The SMILES string of the molecule is Cc1nccnc1Oc1ccc(CN)cc1. The van der Waals surface area contributed by atoms with Gasteiger partial charge in [-0.25, -0.2) is 4.98 Å². The van der Waals surface area contributed by atoms with Gasteiger partial charge in [0.05, 0.1) is 5.69 Å². The summed E-state index contributed by atoms with van der Waals surface area (Å²) in [5, 5.41) is 0. The largest absolute Gasteiger partial charge is 0.437 e. The number of hydrogen-bond donors (Lipinski definition) is 1. The van der Waals surface area contributed by atoms with E-state index in [9.17, 15) is 0 Å². The molecule has 2 N–H and O–H groups in total. The molecule has 0 radical (unpaired) electrons. The molecule has 0 bridgehead atoms. The average Bonchev–Trinajstić information content (AvgIpc) is 2.33. The molecule has 4 heteroatoms. The molecule has 82 valence electrons. The van der Waals surface area contributed by atoms with E-state index >= 15 is 0 Å². The second-order valence-electron chi connectivity index (χ2n) is 3.40. The number of nitrogens with two attached hydrogens (primary N) is 1. The molecule has 2 rings (SSSR count). The molecule has 16 heavy (non-hydrogen) atoms. The summed E-state index contributed by atoms with van der Waals surface area (Å²) < 4.78 is 5.59. The van der Waals surface area contributed by atoms with Gasteiger partial charge < -0.3 is 10.5 Å². The van der Waals surface area contributed by atoms with Crippen LogP contribution in [0.1, 0.15) is 11.3 Å². The molecule has 0 amide bonds. The van der Waals surface area contributed by atoms with Crippen LogP contribution >= 0.6 is 0 Å². The summed E-state index contributed by atoms with van der Waals surface area (Å²) >= 11 is 0. The van der Waals surface area contributed by atoms with Crippen molar-refractivity contribution in [2.45, 2.75) is 13.5 Å². The van der Waals surface area contributed by atoms with Crippen LogP contribution in [-0.2, 0) is 6.54 Å². The summed E-state index contributed by atoms with van der Waals surface area (Å²) in [5.41, 5.74) is 7.35. The molecule has 0 spiro atoms. The van der Waals surface area contributed by atoms with Crippen molar-refractivity contribution in [3.8, 4) is 11.6 Å². The number of ether oxygens (including phenoxy) is 1. The van der Waals surface area contributed by atoms with E-state index in [4.69, 9.17) is 10.5 Å². The van der Waals surface area contributed by atoms with E-state index in [1.54, 1.807) is 12.4 Å². The van der Waals surface area contributed by atoms with Crippen LogP contribution in [0.3, 0.4) is 0 Å². The summed E-state index contributed by atoms with van der Waals surface area (Å²) in [5.74, 6) is 1.27. The fourth-order valence-electron chi connectivity index (χ4n) is 1.30. The van der Waals surface area contributed by atoms with Crippen LogP contribution < -0.4 is 10.5 Å². The minimum absolute atomic E-state index is 0.531. The van der Waals surface area contributed by atoms with Gasteiger partial charge in [0.25, 0.3) is 0 Å². The van der Waals surface area contributed by atoms with E-state index in [-0.39, 0.29) is 0 Å². The van der Waals surface area contributed by atoms with E-state index in [0.717, 1.165) is 17.0 Å². The van der Waals surface area contributed by atoms with Crippen molar-refractivity contribution in [3.63, 3.8) is 0 Å². The number of benzene rings is 1. The number of aromatic nitrogens is 2. The van der Waals surface area contributed by atoms with Crippen LogP contribution in [0.5, 0.6) is 11.6 Å². The zero-order valence-electron chi connectivity index (χ0n) is 9.05. The normalized spacial score (nSPS) is 10.1. The Morgan fingerprint density at radius 1 is 1.12 bits per heavy atom. The van der Waals surface area contributed by atoms with E-state index in [0.29, 0.717) is 12.4 Å². The summed E-state index contributed by atoms with van der Waals surface area (Å²) in [6, 6.07) is 7.61. The smallest absolute Gasteiger partial charge is 0.240 e. The van der Waals surface area contributed by atoms with Gasteiger partial charge in [0.2, 0.25) is 5.88 Å². The lowest BCUT2D eigenvalue weighted by molar-refractivity contribution is 0.455. The van der Waals surface area contributed by atoms with Gasteiger partial charge in [-0.15, -0.1) is 0 Å². The number of nitrogens with zero attached hydrogens (tertiary/aromatic N) is 2. The molecule has 0 unspecified atom stereocenters. The molecule has 1 aromatic carbocycles. The second kappa shape index (κ2) is 4.72. The molecule has 0 saturated heterocycles. The van der Waals surface area contributed by atoms with Crippen LogP contribution in [0.4, 0.5) is 0 Å². The van der Waals surface area contributed by atoms with Crippen molar-refractivity contribution < 1.29 is 4.74 Å². The molecule has 0 aliphatic heterocycles. The maximum atomic E-state index is 5.59. The number of hydrogen-bond acceptors (Lipinski definition) is 4. The van der Waals surface area contributed by atoms with Gasteiger partial charge in [0.15, 0.2) is 0 Å². The summed E-state index contributed by atoms with van der Waals surface area (Å²) in [6.07, 6.45) is 3.25. The Kier molecular flexibility index (Phi) is 3.12. The molecule has 0 atom stereocenters. The zero-order chi connectivity index (χ0) is 11.4. The van der Waals surface area contributed by atoms with E-state index < -0.39 is 0 Å². The summed E-state index contributed by atoms with van der Waals surface area (Å²) in [7, 11) is 0. The first-order chi connectivity index (χ1) is 7.79. The Morgan fingerprint density at radius 2 is 1.81 bits per heavy atom. The third kappa shape index (κ3) is 2.35. The van der Waals surface area contributed by atoms with Gasteiger partial charge in [0, 0.05) is 18.9 Å². The molecular formula is C12H13N3O. The van der Waals surface area contributed by atoms with E-state index in [1.807, 2.05) is 31.2 Å². The van der Waals surface area contributed by atoms with Crippen LogP contribution in [0.15, 0.2) is 36.7 Å². The predicted molar refractivity (Wildman–Crippen MR) is 61.2 cm³/mol. The van der Waals surface area contributed by atoms with Crippen molar-refractivity contribution >= 4 is 0 Å². The van der Waals surface area contributed by atoms with Gasteiger partial charge in [-0.05, 0) is 24.6 Å². The predicted octanol–water partition coefficient (Wildman–Crippen LogP) is 2.04. The number of rotatable bonds is 3. The van der Waals surface area contributed by atoms with Crippen molar-refractivity contribution in [1.82, 2.24) is 9.97 Å². The Bertz CT molecular complexity index is 468. The Labute approximate surface area is 94.1 Å². The minimum Gasteiger partial charge on any atom is -0.437 e. The van der Waals surface area contributed by atoms with Crippen molar-refractivity contribution in [1.29, 1.82) is 0 Å². The lowest BCUT2D eigenvalue weighted by Gasteiger charge is -2.06. The van der Waals surface area contributed by atoms with Crippen molar-refractivity contribution in [2.24, 2.45) is 5.73 Å². The monoisotopic (exact) mass is 215 g/mol. The molecule has 0 fully saturated rings.